The smallest absolute Gasteiger partial charge is 0.306 e. The molecule has 0 saturated carbocycles. The predicted octanol–water partition coefficient (Wildman–Crippen LogP) is 17.3. The number of unbranched alkanes of at least 4 members (excludes halogenated alkanes) is 31. The van der Waals surface area contributed by atoms with E-state index in [1.165, 1.54) is 167 Å². The minimum atomic E-state index is -0.781. The molecule has 0 amide bonds. The van der Waals surface area contributed by atoms with Gasteiger partial charge in [0, 0.05) is 19.3 Å². The molecule has 61 heavy (non-hydrogen) atoms. The molecule has 1 unspecified atom stereocenters. The van der Waals surface area contributed by atoms with Gasteiger partial charge in [0.2, 0.25) is 0 Å². The largest absolute Gasteiger partial charge is 0.462 e. The van der Waals surface area contributed by atoms with E-state index >= 15 is 0 Å². The molecule has 6 nitrogen and oxygen atoms in total. The Balaban J connectivity index is 4.31. The molecular weight excluding hydrogens is 757 g/mol. The molecule has 0 aromatic heterocycles. The number of hydrogen-bond donors (Lipinski definition) is 0. The number of rotatable bonds is 48. The third kappa shape index (κ3) is 48.5. The van der Waals surface area contributed by atoms with E-state index < -0.39 is 6.10 Å². The van der Waals surface area contributed by atoms with Crippen molar-refractivity contribution >= 4 is 17.9 Å². The van der Waals surface area contributed by atoms with Crippen LogP contribution in [0.1, 0.15) is 278 Å². The van der Waals surface area contributed by atoms with Crippen molar-refractivity contribution in [2.24, 2.45) is 0 Å². The Hall–Kier alpha value is -2.37. The van der Waals surface area contributed by atoms with Crippen molar-refractivity contribution in [3.8, 4) is 0 Å². The van der Waals surface area contributed by atoms with Crippen LogP contribution in [0.2, 0.25) is 0 Å². The Labute approximate surface area is 378 Å². The van der Waals surface area contributed by atoms with Gasteiger partial charge >= 0.3 is 17.9 Å². The second-order valence-corrected chi connectivity index (χ2v) is 17.8. The second kappa shape index (κ2) is 50.3. The average molecular weight is 857 g/mol. The first-order valence-electron chi connectivity index (χ1n) is 26.5. The lowest BCUT2D eigenvalue weighted by Crippen LogP contribution is -2.30. The molecule has 0 aromatic carbocycles. The second-order valence-electron chi connectivity index (χ2n) is 17.8. The molecule has 0 bridgehead atoms. The van der Waals surface area contributed by atoms with Crippen LogP contribution in [0.15, 0.2) is 36.5 Å². The van der Waals surface area contributed by atoms with Gasteiger partial charge in [-0.05, 0) is 70.6 Å². The van der Waals surface area contributed by atoms with Gasteiger partial charge in [0.05, 0.1) is 0 Å². The summed E-state index contributed by atoms with van der Waals surface area (Å²) in [5, 5.41) is 0. The zero-order valence-corrected chi connectivity index (χ0v) is 40.7. The highest BCUT2D eigenvalue weighted by molar-refractivity contribution is 5.71. The summed E-state index contributed by atoms with van der Waals surface area (Å²) in [6.07, 6.45) is 58.5. The molecule has 0 radical (unpaired) electrons. The predicted molar refractivity (Wildman–Crippen MR) is 261 cm³/mol. The summed E-state index contributed by atoms with van der Waals surface area (Å²) < 4.78 is 16.8. The van der Waals surface area contributed by atoms with Crippen LogP contribution in [0.25, 0.3) is 0 Å². The molecule has 0 rings (SSSR count). The van der Waals surface area contributed by atoms with E-state index in [0.717, 1.165) is 70.6 Å². The lowest BCUT2D eigenvalue weighted by molar-refractivity contribution is -0.167. The third-order valence-corrected chi connectivity index (χ3v) is 11.6. The Bertz CT molecular complexity index is 1030. The van der Waals surface area contributed by atoms with Crippen LogP contribution in [0, 0.1) is 0 Å². The van der Waals surface area contributed by atoms with Gasteiger partial charge in [-0.25, -0.2) is 0 Å². The number of esters is 3. The van der Waals surface area contributed by atoms with Crippen LogP contribution >= 0.6 is 0 Å². The maximum absolute atomic E-state index is 12.8. The topological polar surface area (TPSA) is 78.9 Å². The summed E-state index contributed by atoms with van der Waals surface area (Å²) in [6, 6.07) is 0. The fourth-order valence-corrected chi connectivity index (χ4v) is 7.59. The number of carbonyl (C=O) groups is 3. The van der Waals surface area contributed by atoms with Gasteiger partial charge in [-0.2, -0.15) is 0 Å². The Kier molecular flexibility index (Phi) is 48.3. The van der Waals surface area contributed by atoms with E-state index in [2.05, 4.69) is 57.2 Å². The fourth-order valence-electron chi connectivity index (χ4n) is 7.59. The average Bonchev–Trinajstić information content (AvgIpc) is 3.26. The molecule has 6 heteroatoms. The zero-order chi connectivity index (χ0) is 44.4. The van der Waals surface area contributed by atoms with Crippen molar-refractivity contribution in [1.82, 2.24) is 0 Å². The molecule has 0 spiro atoms. The van der Waals surface area contributed by atoms with E-state index in [1.54, 1.807) is 0 Å². The molecule has 0 aliphatic heterocycles. The van der Waals surface area contributed by atoms with Crippen molar-refractivity contribution < 1.29 is 28.6 Å². The first-order chi connectivity index (χ1) is 30.0. The molecule has 0 aliphatic rings. The minimum Gasteiger partial charge on any atom is -0.462 e. The Morgan fingerprint density at radius 2 is 0.607 bits per heavy atom. The zero-order valence-electron chi connectivity index (χ0n) is 40.7. The molecule has 0 fully saturated rings. The lowest BCUT2D eigenvalue weighted by atomic mass is 10.0. The summed E-state index contributed by atoms with van der Waals surface area (Å²) in [5.41, 5.74) is 0. The van der Waals surface area contributed by atoms with Crippen molar-refractivity contribution in [2.45, 2.75) is 284 Å². The van der Waals surface area contributed by atoms with Gasteiger partial charge in [0.15, 0.2) is 6.10 Å². The monoisotopic (exact) mass is 857 g/mol. The molecule has 0 N–H and O–H groups in total. The van der Waals surface area contributed by atoms with E-state index in [4.69, 9.17) is 14.2 Å². The minimum absolute atomic E-state index is 0.0820. The summed E-state index contributed by atoms with van der Waals surface area (Å²) in [5.74, 6) is -0.914. The van der Waals surface area contributed by atoms with Crippen molar-refractivity contribution in [3.63, 3.8) is 0 Å². The summed E-state index contributed by atoms with van der Waals surface area (Å²) >= 11 is 0. The molecule has 0 heterocycles. The quantitative estimate of drug-likeness (QED) is 0.0262. The Morgan fingerprint density at radius 1 is 0.328 bits per heavy atom. The normalized spacial score (nSPS) is 12.2. The highest BCUT2D eigenvalue weighted by Gasteiger charge is 2.19. The third-order valence-electron chi connectivity index (χ3n) is 11.6. The highest BCUT2D eigenvalue weighted by Crippen LogP contribution is 2.16. The van der Waals surface area contributed by atoms with E-state index in [0.29, 0.717) is 19.3 Å². The molecule has 356 valence electrons. The Morgan fingerprint density at radius 3 is 1.03 bits per heavy atom. The van der Waals surface area contributed by atoms with Crippen LogP contribution in [-0.2, 0) is 28.6 Å². The van der Waals surface area contributed by atoms with Crippen LogP contribution in [-0.4, -0.2) is 37.2 Å². The number of carbonyl (C=O) groups excluding carboxylic acids is 3. The standard InChI is InChI=1S/C55H100O6/c1-4-7-10-13-16-19-21-23-25-27-29-31-33-36-39-42-45-48-54(57)60-51-52(50-59-53(56)47-44-41-38-35-18-15-12-9-6-3)61-55(58)49-46-43-40-37-34-32-30-28-26-24-22-20-17-14-11-8-5-2/h16,19,23,25,35,38,52H,4-15,17-18,20-22,24,26-34,36-37,39-51H2,1-3H3/b19-16-,25-23-,38-35-. The van der Waals surface area contributed by atoms with Gasteiger partial charge in [0.25, 0.3) is 0 Å². The first kappa shape index (κ1) is 58.6. The molecule has 0 aliphatic carbocycles. The van der Waals surface area contributed by atoms with E-state index in [9.17, 15) is 14.4 Å². The maximum atomic E-state index is 12.8. The number of hydrogen-bond acceptors (Lipinski definition) is 6. The number of ether oxygens (including phenoxy) is 3. The van der Waals surface area contributed by atoms with Crippen LogP contribution in [0.3, 0.4) is 0 Å². The van der Waals surface area contributed by atoms with Gasteiger partial charge in [-0.1, -0.05) is 224 Å². The molecule has 0 saturated heterocycles. The number of allylic oxidation sites excluding steroid dienone is 6. The summed E-state index contributed by atoms with van der Waals surface area (Å²) in [4.78, 5) is 37.9. The van der Waals surface area contributed by atoms with Crippen LogP contribution in [0.5, 0.6) is 0 Å². The van der Waals surface area contributed by atoms with E-state index in [-0.39, 0.29) is 31.1 Å². The van der Waals surface area contributed by atoms with Crippen LogP contribution in [0.4, 0.5) is 0 Å². The van der Waals surface area contributed by atoms with Gasteiger partial charge in [-0.15, -0.1) is 0 Å². The summed E-state index contributed by atoms with van der Waals surface area (Å²) in [6.45, 7) is 6.57. The molecule has 0 aromatic rings. The summed E-state index contributed by atoms with van der Waals surface area (Å²) in [7, 11) is 0. The molecule has 1 atom stereocenters. The first-order valence-corrected chi connectivity index (χ1v) is 26.5. The van der Waals surface area contributed by atoms with Gasteiger partial charge < -0.3 is 14.2 Å². The lowest BCUT2D eigenvalue weighted by Gasteiger charge is -2.18. The fraction of sp³-hybridized carbons (Fsp3) is 0.836. The maximum Gasteiger partial charge on any atom is 0.306 e. The van der Waals surface area contributed by atoms with E-state index in [1.807, 2.05) is 0 Å². The van der Waals surface area contributed by atoms with Gasteiger partial charge in [0.1, 0.15) is 13.2 Å². The van der Waals surface area contributed by atoms with Crippen molar-refractivity contribution in [3.05, 3.63) is 36.5 Å². The molecular formula is C55H100O6. The SMILES string of the molecule is CCCCC/C=C\C/C=C\CCCCCCCCCC(=O)OCC(COC(=O)CCC/C=C\CCCCCC)OC(=O)CCCCCCCCCCCCCCCCCCC. The van der Waals surface area contributed by atoms with Crippen LogP contribution < -0.4 is 0 Å². The highest BCUT2D eigenvalue weighted by atomic mass is 16.6. The van der Waals surface area contributed by atoms with Gasteiger partial charge in [-0.3, -0.25) is 14.4 Å². The van der Waals surface area contributed by atoms with Crippen molar-refractivity contribution in [1.29, 1.82) is 0 Å². The van der Waals surface area contributed by atoms with Crippen molar-refractivity contribution in [2.75, 3.05) is 13.2 Å².